The summed E-state index contributed by atoms with van der Waals surface area (Å²) in [5.41, 5.74) is 0.718. The van der Waals surface area contributed by atoms with E-state index in [0.717, 1.165) is 6.42 Å². The minimum atomic E-state index is -3.49. The lowest BCUT2D eigenvalue weighted by Crippen LogP contribution is -2.30. The van der Waals surface area contributed by atoms with Crippen LogP contribution in [0.15, 0.2) is 42.5 Å². The van der Waals surface area contributed by atoms with Crippen molar-refractivity contribution < 1.29 is 17.9 Å². The van der Waals surface area contributed by atoms with Gasteiger partial charge < -0.3 is 10.1 Å². The molecule has 152 valence electrons. The third-order valence-corrected chi connectivity index (χ3v) is 5.52. The highest BCUT2D eigenvalue weighted by atomic mass is 35.5. The van der Waals surface area contributed by atoms with Crippen molar-refractivity contribution in [3.05, 3.63) is 52.5 Å². The Bertz CT molecular complexity index is 915. The first-order valence-corrected chi connectivity index (χ1v) is 11.1. The number of carbonyl (C=O) groups is 1. The maximum absolute atomic E-state index is 12.4. The number of rotatable bonds is 9. The molecule has 0 aliphatic heterocycles. The van der Waals surface area contributed by atoms with Gasteiger partial charge in [-0.1, -0.05) is 48.7 Å². The predicted octanol–water partition coefficient (Wildman–Crippen LogP) is 4.94. The van der Waals surface area contributed by atoms with E-state index in [1.54, 1.807) is 49.4 Å². The molecule has 1 unspecified atom stereocenters. The van der Waals surface area contributed by atoms with Gasteiger partial charge in [0.1, 0.15) is 5.75 Å². The van der Waals surface area contributed by atoms with Gasteiger partial charge in [0.2, 0.25) is 10.0 Å². The molecule has 6 nitrogen and oxygen atoms in total. The van der Waals surface area contributed by atoms with Crippen LogP contribution >= 0.6 is 23.2 Å². The van der Waals surface area contributed by atoms with Crippen molar-refractivity contribution in [3.63, 3.8) is 0 Å². The van der Waals surface area contributed by atoms with Gasteiger partial charge in [0, 0.05) is 15.7 Å². The molecule has 0 saturated carbocycles. The summed E-state index contributed by atoms with van der Waals surface area (Å²) in [6, 6.07) is 11.2. The standard InChI is InChI=1S/C19H22Cl2N2O4S/c1-3-4-9-28(25,26)23-17-7-5-6-8-18(17)27-13(2)19(24)22-16-11-14(20)10-15(21)12-16/h5-8,10-13,23H,3-4,9H2,1-2H3,(H,22,24). The molecular weight excluding hydrogens is 423 g/mol. The number of carbonyl (C=O) groups excluding carboxylic acids is 1. The van der Waals surface area contributed by atoms with Crippen LogP contribution in [0.2, 0.25) is 10.0 Å². The average molecular weight is 445 g/mol. The summed E-state index contributed by atoms with van der Waals surface area (Å²) >= 11 is 11.9. The van der Waals surface area contributed by atoms with E-state index < -0.39 is 22.0 Å². The monoisotopic (exact) mass is 444 g/mol. The second kappa shape index (κ2) is 10.0. The highest BCUT2D eigenvalue weighted by molar-refractivity contribution is 7.92. The predicted molar refractivity (Wildman–Crippen MR) is 114 cm³/mol. The molecule has 2 rings (SSSR count). The van der Waals surface area contributed by atoms with E-state index in [-0.39, 0.29) is 17.2 Å². The normalized spacial score (nSPS) is 12.3. The topological polar surface area (TPSA) is 84.5 Å². The number of nitrogens with one attached hydrogen (secondary N) is 2. The smallest absolute Gasteiger partial charge is 0.265 e. The lowest BCUT2D eigenvalue weighted by molar-refractivity contribution is -0.122. The number of sulfonamides is 1. The van der Waals surface area contributed by atoms with E-state index >= 15 is 0 Å². The average Bonchev–Trinajstić information content (AvgIpc) is 2.60. The number of benzene rings is 2. The fourth-order valence-corrected chi connectivity index (χ4v) is 4.12. The Morgan fingerprint density at radius 2 is 1.79 bits per heavy atom. The van der Waals surface area contributed by atoms with Gasteiger partial charge in [-0.05, 0) is 43.7 Å². The quantitative estimate of drug-likeness (QED) is 0.573. The largest absolute Gasteiger partial charge is 0.479 e. The number of unbranched alkanes of at least 4 members (excludes halogenated alkanes) is 1. The first-order valence-electron chi connectivity index (χ1n) is 8.73. The van der Waals surface area contributed by atoms with Crippen molar-refractivity contribution >= 4 is 50.5 Å². The zero-order chi connectivity index (χ0) is 20.7. The maximum Gasteiger partial charge on any atom is 0.265 e. The third kappa shape index (κ3) is 6.89. The van der Waals surface area contributed by atoms with E-state index in [1.807, 2.05) is 6.92 Å². The molecule has 0 radical (unpaired) electrons. The molecule has 0 aliphatic rings. The van der Waals surface area contributed by atoms with Gasteiger partial charge in [-0.2, -0.15) is 0 Å². The molecule has 1 atom stereocenters. The number of ether oxygens (including phenoxy) is 1. The van der Waals surface area contributed by atoms with Gasteiger partial charge in [0.15, 0.2) is 6.10 Å². The molecule has 9 heteroatoms. The molecule has 2 aromatic carbocycles. The third-order valence-electron chi connectivity index (χ3n) is 3.72. The SMILES string of the molecule is CCCCS(=O)(=O)Nc1ccccc1OC(C)C(=O)Nc1cc(Cl)cc(Cl)c1. The molecular formula is C19H22Cl2N2O4S. The highest BCUT2D eigenvalue weighted by Crippen LogP contribution is 2.27. The second-order valence-electron chi connectivity index (χ2n) is 6.18. The minimum absolute atomic E-state index is 0.0173. The molecule has 0 aliphatic carbocycles. The van der Waals surface area contributed by atoms with Gasteiger partial charge in [-0.25, -0.2) is 8.42 Å². The van der Waals surface area contributed by atoms with Crippen LogP contribution in [-0.4, -0.2) is 26.2 Å². The van der Waals surface area contributed by atoms with Crippen LogP contribution < -0.4 is 14.8 Å². The number of halogens is 2. The second-order valence-corrected chi connectivity index (χ2v) is 8.89. The Morgan fingerprint density at radius 1 is 1.14 bits per heavy atom. The molecule has 0 spiro atoms. The summed E-state index contributed by atoms with van der Waals surface area (Å²) < 4.78 is 32.5. The molecule has 0 aromatic heterocycles. The Kier molecular flexibility index (Phi) is 7.98. The van der Waals surface area contributed by atoms with Crippen LogP contribution in [0.25, 0.3) is 0 Å². The zero-order valence-electron chi connectivity index (χ0n) is 15.5. The fourth-order valence-electron chi connectivity index (χ4n) is 2.32. The summed E-state index contributed by atoms with van der Waals surface area (Å²) in [7, 11) is -3.49. The van der Waals surface area contributed by atoms with Gasteiger partial charge in [-0.3, -0.25) is 9.52 Å². The van der Waals surface area contributed by atoms with Gasteiger partial charge in [0.05, 0.1) is 11.4 Å². The molecule has 0 heterocycles. The van der Waals surface area contributed by atoms with Crippen molar-refractivity contribution in [2.45, 2.75) is 32.8 Å². The summed E-state index contributed by atoms with van der Waals surface area (Å²) in [4.78, 5) is 12.4. The van der Waals surface area contributed by atoms with E-state index in [1.165, 1.54) is 0 Å². The summed E-state index contributed by atoms with van der Waals surface area (Å²) in [5.74, 6) is -0.153. The number of hydrogen-bond acceptors (Lipinski definition) is 4. The van der Waals surface area contributed by atoms with Crippen molar-refractivity contribution in [2.24, 2.45) is 0 Å². The van der Waals surface area contributed by atoms with Crippen LogP contribution in [0.1, 0.15) is 26.7 Å². The Hall–Kier alpha value is -1.96. The van der Waals surface area contributed by atoms with Crippen molar-refractivity contribution in [1.82, 2.24) is 0 Å². The first kappa shape index (κ1) is 22.3. The number of hydrogen-bond donors (Lipinski definition) is 2. The molecule has 2 N–H and O–H groups in total. The number of amides is 1. The molecule has 0 fully saturated rings. The Labute approximate surface area is 175 Å². The van der Waals surface area contributed by atoms with Crippen LogP contribution in [0.3, 0.4) is 0 Å². The van der Waals surface area contributed by atoms with Gasteiger partial charge >= 0.3 is 0 Å². The molecule has 1 amide bonds. The number of anilines is 2. The van der Waals surface area contributed by atoms with Gasteiger partial charge in [-0.15, -0.1) is 0 Å². The van der Waals surface area contributed by atoms with E-state index in [9.17, 15) is 13.2 Å². The van der Waals surface area contributed by atoms with Crippen LogP contribution in [0, 0.1) is 0 Å². The summed E-state index contributed by atoms with van der Waals surface area (Å²) in [6.07, 6.45) is 0.433. The van der Waals surface area contributed by atoms with Gasteiger partial charge in [0.25, 0.3) is 5.91 Å². The van der Waals surface area contributed by atoms with E-state index in [2.05, 4.69) is 10.0 Å². The summed E-state index contributed by atoms with van der Waals surface area (Å²) in [6.45, 7) is 3.48. The molecule has 0 saturated heterocycles. The highest BCUT2D eigenvalue weighted by Gasteiger charge is 2.19. The lowest BCUT2D eigenvalue weighted by atomic mass is 10.2. The zero-order valence-corrected chi connectivity index (χ0v) is 17.9. The maximum atomic E-state index is 12.4. The van der Waals surface area contributed by atoms with Crippen molar-refractivity contribution in [1.29, 1.82) is 0 Å². The first-order chi connectivity index (χ1) is 13.2. The fraction of sp³-hybridized carbons (Fsp3) is 0.316. The van der Waals surface area contributed by atoms with Crippen molar-refractivity contribution in [3.8, 4) is 5.75 Å². The Balaban J connectivity index is 2.09. The van der Waals surface area contributed by atoms with Crippen LogP contribution in [0.5, 0.6) is 5.75 Å². The van der Waals surface area contributed by atoms with Crippen molar-refractivity contribution in [2.75, 3.05) is 15.8 Å². The minimum Gasteiger partial charge on any atom is -0.479 e. The van der Waals surface area contributed by atoms with Crippen LogP contribution in [-0.2, 0) is 14.8 Å². The lowest BCUT2D eigenvalue weighted by Gasteiger charge is -2.18. The molecule has 28 heavy (non-hydrogen) atoms. The molecule has 2 aromatic rings. The Morgan fingerprint density at radius 3 is 2.43 bits per heavy atom. The van der Waals surface area contributed by atoms with E-state index in [4.69, 9.17) is 27.9 Å². The number of para-hydroxylation sites is 2. The van der Waals surface area contributed by atoms with E-state index in [0.29, 0.717) is 22.2 Å². The van der Waals surface area contributed by atoms with Crippen LogP contribution in [0.4, 0.5) is 11.4 Å². The molecule has 0 bridgehead atoms. The summed E-state index contributed by atoms with van der Waals surface area (Å²) in [5, 5.41) is 3.45.